The van der Waals surface area contributed by atoms with Crippen molar-refractivity contribution in [2.75, 3.05) is 6.61 Å². The van der Waals surface area contributed by atoms with Crippen LogP contribution in [-0.2, 0) is 9.53 Å². The van der Waals surface area contributed by atoms with Gasteiger partial charge >= 0.3 is 5.97 Å². The summed E-state index contributed by atoms with van der Waals surface area (Å²) in [5.41, 5.74) is 1.11. The van der Waals surface area contributed by atoms with Crippen molar-refractivity contribution in [1.29, 1.82) is 0 Å². The van der Waals surface area contributed by atoms with E-state index in [0.29, 0.717) is 6.61 Å². The van der Waals surface area contributed by atoms with Crippen molar-refractivity contribution in [1.82, 2.24) is 0 Å². The average molecular weight is 154 g/mol. The fraction of sp³-hybridized carbons (Fsp3) is 0.444. The van der Waals surface area contributed by atoms with Crippen LogP contribution in [0, 0.1) is 0 Å². The van der Waals surface area contributed by atoms with Crippen LogP contribution in [0.3, 0.4) is 0 Å². The minimum atomic E-state index is -0.355. The lowest BCUT2D eigenvalue weighted by Gasteiger charge is -2.00. The Labute approximate surface area is 67.6 Å². The number of ether oxygens (including phenoxy) is 1. The summed E-state index contributed by atoms with van der Waals surface area (Å²) < 4.78 is 4.74. The van der Waals surface area contributed by atoms with Crippen LogP contribution in [0.5, 0.6) is 0 Å². The van der Waals surface area contributed by atoms with E-state index in [1.54, 1.807) is 0 Å². The Hall–Kier alpha value is -1.05. The van der Waals surface area contributed by atoms with Crippen LogP contribution >= 0.6 is 0 Å². The normalized spacial score (nSPS) is 8.82. The van der Waals surface area contributed by atoms with Crippen molar-refractivity contribution in [2.45, 2.75) is 19.8 Å². The van der Waals surface area contributed by atoms with E-state index in [1.807, 2.05) is 6.92 Å². The molecule has 0 bridgehead atoms. The molecule has 0 spiro atoms. The Morgan fingerprint density at radius 1 is 1.64 bits per heavy atom. The number of esters is 1. The van der Waals surface area contributed by atoms with Crippen molar-refractivity contribution in [3.8, 4) is 0 Å². The highest BCUT2D eigenvalue weighted by Gasteiger charge is 1.94. The largest absolute Gasteiger partial charge is 0.463 e. The SMILES string of the molecule is C=CC(=O)OCCCC(=C)C. The van der Waals surface area contributed by atoms with Gasteiger partial charge in [0, 0.05) is 6.08 Å². The van der Waals surface area contributed by atoms with Crippen LogP contribution in [-0.4, -0.2) is 12.6 Å². The maximum absolute atomic E-state index is 10.5. The molecule has 0 aliphatic heterocycles. The van der Waals surface area contributed by atoms with Crippen LogP contribution in [0.1, 0.15) is 19.8 Å². The maximum Gasteiger partial charge on any atom is 0.330 e. The summed E-state index contributed by atoms with van der Waals surface area (Å²) in [7, 11) is 0. The molecule has 0 amide bonds. The number of hydrogen-bond acceptors (Lipinski definition) is 2. The van der Waals surface area contributed by atoms with E-state index < -0.39 is 0 Å². The third-order valence-corrected chi connectivity index (χ3v) is 1.16. The van der Waals surface area contributed by atoms with Crippen molar-refractivity contribution < 1.29 is 9.53 Å². The molecule has 0 radical (unpaired) electrons. The first-order valence-electron chi connectivity index (χ1n) is 3.60. The van der Waals surface area contributed by atoms with Crippen molar-refractivity contribution in [3.63, 3.8) is 0 Å². The zero-order valence-electron chi connectivity index (χ0n) is 6.93. The van der Waals surface area contributed by atoms with Gasteiger partial charge in [-0.3, -0.25) is 0 Å². The third-order valence-electron chi connectivity index (χ3n) is 1.16. The van der Waals surface area contributed by atoms with Gasteiger partial charge in [0.1, 0.15) is 0 Å². The minimum Gasteiger partial charge on any atom is -0.463 e. The summed E-state index contributed by atoms with van der Waals surface area (Å²) >= 11 is 0. The molecule has 0 unspecified atom stereocenters. The smallest absolute Gasteiger partial charge is 0.330 e. The fourth-order valence-corrected chi connectivity index (χ4v) is 0.606. The second kappa shape index (κ2) is 5.71. The van der Waals surface area contributed by atoms with Gasteiger partial charge < -0.3 is 4.74 Å². The number of allylic oxidation sites excluding steroid dienone is 1. The fourth-order valence-electron chi connectivity index (χ4n) is 0.606. The first kappa shape index (κ1) is 9.95. The molecular formula is C9H14O2. The molecular weight excluding hydrogens is 140 g/mol. The molecule has 62 valence electrons. The molecule has 0 aliphatic rings. The molecule has 11 heavy (non-hydrogen) atoms. The molecule has 0 saturated carbocycles. The van der Waals surface area contributed by atoms with Gasteiger partial charge in [-0.05, 0) is 19.8 Å². The number of hydrogen-bond donors (Lipinski definition) is 0. The van der Waals surface area contributed by atoms with Gasteiger partial charge in [-0.2, -0.15) is 0 Å². The molecule has 0 aromatic heterocycles. The maximum atomic E-state index is 10.5. The van der Waals surface area contributed by atoms with Crippen molar-refractivity contribution in [2.24, 2.45) is 0 Å². The molecule has 0 rings (SSSR count). The molecule has 0 aromatic rings. The molecule has 0 fully saturated rings. The molecule has 0 atom stereocenters. The van der Waals surface area contributed by atoms with E-state index in [2.05, 4.69) is 13.2 Å². The van der Waals surface area contributed by atoms with E-state index >= 15 is 0 Å². The van der Waals surface area contributed by atoms with Crippen LogP contribution in [0.15, 0.2) is 24.8 Å². The highest BCUT2D eigenvalue weighted by atomic mass is 16.5. The zero-order valence-corrected chi connectivity index (χ0v) is 6.93. The van der Waals surface area contributed by atoms with Crippen LogP contribution in [0.25, 0.3) is 0 Å². The van der Waals surface area contributed by atoms with Crippen LogP contribution in [0.2, 0.25) is 0 Å². The van der Waals surface area contributed by atoms with E-state index in [1.165, 1.54) is 6.08 Å². The van der Waals surface area contributed by atoms with Gasteiger partial charge in [0.15, 0.2) is 0 Å². The Morgan fingerprint density at radius 2 is 2.27 bits per heavy atom. The van der Waals surface area contributed by atoms with E-state index in [-0.39, 0.29) is 5.97 Å². The lowest BCUT2D eigenvalue weighted by atomic mass is 10.2. The quantitative estimate of drug-likeness (QED) is 0.262. The summed E-state index contributed by atoms with van der Waals surface area (Å²) in [5, 5.41) is 0. The minimum absolute atomic E-state index is 0.355. The standard InChI is InChI=1S/C9H14O2/c1-4-9(10)11-7-5-6-8(2)3/h4H,1-2,5-7H2,3H3. The molecule has 0 aromatic carbocycles. The predicted molar refractivity (Wildman–Crippen MR) is 45.2 cm³/mol. The first-order chi connectivity index (χ1) is 5.16. The Morgan fingerprint density at radius 3 is 2.73 bits per heavy atom. The van der Waals surface area contributed by atoms with Crippen LogP contribution in [0.4, 0.5) is 0 Å². The lowest BCUT2D eigenvalue weighted by Crippen LogP contribution is -2.01. The molecule has 0 N–H and O–H groups in total. The Bertz CT molecular complexity index is 159. The first-order valence-corrected chi connectivity index (χ1v) is 3.60. The number of rotatable bonds is 5. The van der Waals surface area contributed by atoms with Gasteiger partial charge in [-0.25, -0.2) is 4.79 Å². The van der Waals surface area contributed by atoms with Gasteiger partial charge in [-0.1, -0.05) is 12.2 Å². The zero-order chi connectivity index (χ0) is 8.69. The molecule has 0 saturated heterocycles. The second-order valence-electron chi connectivity index (χ2n) is 2.43. The van der Waals surface area contributed by atoms with Crippen molar-refractivity contribution in [3.05, 3.63) is 24.8 Å². The summed E-state index contributed by atoms with van der Waals surface area (Å²) in [5.74, 6) is -0.355. The Balaban J connectivity index is 3.21. The molecule has 0 heterocycles. The van der Waals surface area contributed by atoms with E-state index in [9.17, 15) is 4.79 Å². The second-order valence-corrected chi connectivity index (χ2v) is 2.43. The molecule has 0 aliphatic carbocycles. The van der Waals surface area contributed by atoms with E-state index in [4.69, 9.17) is 4.74 Å². The molecule has 2 nitrogen and oxygen atoms in total. The summed E-state index contributed by atoms with van der Waals surface area (Å²) in [6.45, 7) is 9.42. The Kier molecular flexibility index (Phi) is 5.17. The highest BCUT2D eigenvalue weighted by Crippen LogP contribution is 1.99. The summed E-state index contributed by atoms with van der Waals surface area (Å²) in [6.07, 6.45) is 2.92. The predicted octanol–water partition coefficient (Wildman–Crippen LogP) is 2.07. The third kappa shape index (κ3) is 6.84. The van der Waals surface area contributed by atoms with Gasteiger partial charge in [0.2, 0.25) is 0 Å². The number of carbonyl (C=O) groups is 1. The summed E-state index contributed by atoms with van der Waals surface area (Å²) in [4.78, 5) is 10.5. The lowest BCUT2D eigenvalue weighted by molar-refractivity contribution is -0.137. The molecule has 2 heteroatoms. The number of carbonyl (C=O) groups excluding carboxylic acids is 1. The topological polar surface area (TPSA) is 26.3 Å². The summed E-state index contributed by atoms with van der Waals surface area (Å²) in [6, 6.07) is 0. The van der Waals surface area contributed by atoms with Crippen molar-refractivity contribution >= 4 is 5.97 Å². The van der Waals surface area contributed by atoms with Gasteiger partial charge in [0.25, 0.3) is 0 Å². The van der Waals surface area contributed by atoms with Gasteiger partial charge in [-0.15, -0.1) is 6.58 Å². The van der Waals surface area contributed by atoms with Crippen LogP contribution < -0.4 is 0 Å². The van der Waals surface area contributed by atoms with E-state index in [0.717, 1.165) is 18.4 Å². The monoisotopic (exact) mass is 154 g/mol. The average Bonchev–Trinajstić information content (AvgIpc) is 1.97. The van der Waals surface area contributed by atoms with Gasteiger partial charge in [0.05, 0.1) is 6.61 Å². The highest BCUT2D eigenvalue weighted by molar-refractivity contribution is 5.81.